The molecule has 0 aliphatic carbocycles. The Morgan fingerprint density at radius 2 is 1.81 bits per heavy atom. The van der Waals surface area contributed by atoms with Gasteiger partial charge >= 0.3 is 0 Å². The van der Waals surface area contributed by atoms with Crippen LogP contribution in [-0.4, -0.2) is 46.9 Å². The van der Waals surface area contributed by atoms with Gasteiger partial charge in [0, 0.05) is 37.3 Å². The van der Waals surface area contributed by atoms with Gasteiger partial charge < -0.3 is 9.64 Å². The Morgan fingerprint density at radius 1 is 1.04 bits per heavy atom. The van der Waals surface area contributed by atoms with Gasteiger partial charge in [0.05, 0.1) is 6.20 Å². The fourth-order valence-corrected chi connectivity index (χ4v) is 4.04. The van der Waals surface area contributed by atoms with Gasteiger partial charge in [-0.05, 0) is 57.0 Å². The van der Waals surface area contributed by atoms with Crippen molar-refractivity contribution in [1.82, 2.24) is 14.8 Å². The predicted octanol–water partition coefficient (Wildman–Crippen LogP) is 3.71. The first-order valence-electron chi connectivity index (χ1n) is 9.96. The zero-order chi connectivity index (χ0) is 18.5. The van der Waals surface area contributed by atoms with Crippen LogP contribution in [0.2, 0.25) is 0 Å². The highest BCUT2D eigenvalue weighted by Crippen LogP contribution is 2.28. The number of hydrogen-bond donors (Lipinski definition) is 0. The first-order valence-corrected chi connectivity index (χ1v) is 9.96. The second-order valence-corrected chi connectivity index (χ2v) is 7.48. The topological polar surface area (TPSA) is 45.7 Å². The molecule has 4 rings (SSSR count). The normalized spacial score (nSPS) is 18.6. The third kappa shape index (κ3) is 4.48. The minimum Gasteiger partial charge on any atom is -0.455 e. The number of pyridine rings is 1. The van der Waals surface area contributed by atoms with E-state index in [1.54, 1.807) is 12.4 Å². The van der Waals surface area contributed by atoms with E-state index in [1.165, 1.54) is 5.56 Å². The lowest BCUT2D eigenvalue weighted by molar-refractivity contribution is -0.136. The number of carbonyl (C=O) groups excluding carboxylic acids is 1. The van der Waals surface area contributed by atoms with Crippen LogP contribution in [0.25, 0.3) is 0 Å². The van der Waals surface area contributed by atoms with Crippen LogP contribution < -0.4 is 4.74 Å². The van der Waals surface area contributed by atoms with Crippen LogP contribution in [0, 0.1) is 5.92 Å². The number of nitrogens with zero attached hydrogens (tertiary/aromatic N) is 3. The van der Waals surface area contributed by atoms with Crippen molar-refractivity contribution in [1.29, 1.82) is 0 Å². The number of hydrogen-bond acceptors (Lipinski definition) is 4. The molecule has 0 radical (unpaired) electrons. The summed E-state index contributed by atoms with van der Waals surface area (Å²) in [6.45, 7) is 4.69. The molecular weight excluding hydrogens is 338 g/mol. The van der Waals surface area contributed by atoms with Crippen LogP contribution in [-0.2, 0) is 11.3 Å². The first kappa shape index (κ1) is 18.0. The molecular formula is C22H27N3O2. The van der Waals surface area contributed by atoms with Crippen molar-refractivity contribution in [3.63, 3.8) is 0 Å². The highest BCUT2D eigenvalue weighted by Gasteiger charge is 2.29. The maximum atomic E-state index is 12.6. The van der Waals surface area contributed by atoms with Crippen molar-refractivity contribution in [3.05, 3.63) is 54.4 Å². The maximum Gasteiger partial charge on any atom is 0.225 e. The van der Waals surface area contributed by atoms with Gasteiger partial charge in [-0.1, -0.05) is 18.2 Å². The quantitative estimate of drug-likeness (QED) is 0.810. The number of rotatable bonds is 5. The third-order valence-corrected chi connectivity index (χ3v) is 5.58. The number of ether oxygens (including phenoxy) is 1. The van der Waals surface area contributed by atoms with Crippen LogP contribution in [0.1, 0.15) is 31.2 Å². The SMILES string of the molecule is O=C(C1CCN(Cc2ccccc2Oc2cccnc2)CC1)N1CCCC1. The minimum absolute atomic E-state index is 0.209. The van der Waals surface area contributed by atoms with Gasteiger partial charge in [0.15, 0.2) is 0 Å². The zero-order valence-corrected chi connectivity index (χ0v) is 15.7. The summed E-state index contributed by atoms with van der Waals surface area (Å²) in [4.78, 5) is 21.2. The van der Waals surface area contributed by atoms with Gasteiger partial charge in [-0.2, -0.15) is 0 Å². The number of aromatic nitrogens is 1. The molecule has 0 saturated carbocycles. The number of carbonyl (C=O) groups is 1. The summed E-state index contributed by atoms with van der Waals surface area (Å²) in [5.41, 5.74) is 1.17. The summed E-state index contributed by atoms with van der Waals surface area (Å²) in [5, 5.41) is 0. The van der Waals surface area contributed by atoms with Crippen molar-refractivity contribution in [2.75, 3.05) is 26.2 Å². The van der Waals surface area contributed by atoms with E-state index in [0.29, 0.717) is 5.91 Å². The number of piperidine rings is 1. The Morgan fingerprint density at radius 3 is 2.56 bits per heavy atom. The van der Waals surface area contributed by atoms with E-state index in [4.69, 9.17) is 4.74 Å². The van der Waals surface area contributed by atoms with Gasteiger partial charge in [0.2, 0.25) is 5.91 Å². The van der Waals surface area contributed by atoms with Crippen molar-refractivity contribution in [3.8, 4) is 11.5 Å². The molecule has 2 fully saturated rings. The fourth-order valence-electron chi connectivity index (χ4n) is 4.04. The van der Waals surface area contributed by atoms with E-state index in [1.807, 2.05) is 24.3 Å². The average Bonchev–Trinajstić information content (AvgIpc) is 3.25. The van der Waals surface area contributed by atoms with Gasteiger partial charge in [-0.15, -0.1) is 0 Å². The molecule has 0 bridgehead atoms. The lowest BCUT2D eigenvalue weighted by Crippen LogP contribution is -2.41. The van der Waals surface area contributed by atoms with E-state index in [0.717, 1.165) is 69.9 Å². The van der Waals surface area contributed by atoms with E-state index in [-0.39, 0.29) is 5.92 Å². The molecule has 0 atom stereocenters. The number of para-hydroxylation sites is 1. The summed E-state index contributed by atoms with van der Waals surface area (Å²) in [6.07, 6.45) is 7.72. The second-order valence-electron chi connectivity index (χ2n) is 7.48. The standard InChI is InChI=1S/C22H27N3O2/c26-22(25-12-3-4-13-25)18-9-14-24(15-10-18)17-19-6-1-2-8-21(19)27-20-7-5-11-23-16-20/h1-2,5-8,11,16,18H,3-4,9-10,12-15,17H2. The molecule has 1 amide bonds. The van der Waals surface area contributed by atoms with Crippen LogP contribution >= 0.6 is 0 Å². The molecule has 5 nitrogen and oxygen atoms in total. The molecule has 2 aliphatic rings. The lowest BCUT2D eigenvalue weighted by atomic mass is 9.95. The van der Waals surface area contributed by atoms with E-state index in [9.17, 15) is 4.79 Å². The summed E-state index contributed by atoms with van der Waals surface area (Å²) in [7, 11) is 0. The van der Waals surface area contributed by atoms with Crippen LogP contribution in [0.15, 0.2) is 48.8 Å². The van der Waals surface area contributed by atoms with Crippen molar-refractivity contribution in [2.24, 2.45) is 5.92 Å². The summed E-state index contributed by atoms with van der Waals surface area (Å²) in [5.74, 6) is 2.22. The molecule has 27 heavy (non-hydrogen) atoms. The molecule has 5 heteroatoms. The summed E-state index contributed by atoms with van der Waals surface area (Å²) < 4.78 is 6.03. The first-order chi connectivity index (χ1) is 13.3. The molecule has 0 spiro atoms. The number of likely N-dealkylation sites (tertiary alicyclic amines) is 2. The van der Waals surface area contributed by atoms with Gasteiger partial charge in [0.25, 0.3) is 0 Å². The molecule has 0 unspecified atom stereocenters. The fraction of sp³-hybridized carbons (Fsp3) is 0.455. The second kappa shape index (κ2) is 8.53. The zero-order valence-electron chi connectivity index (χ0n) is 15.7. The lowest BCUT2D eigenvalue weighted by Gasteiger charge is -2.33. The molecule has 142 valence electrons. The minimum atomic E-state index is 0.209. The molecule has 2 aliphatic heterocycles. The Hall–Kier alpha value is -2.40. The Labute approximate surface area is 161 Å². The molecule has 1 aromatic heterocycles. The van der Waals surface area contributed by atoms with Crippen LogP contribution in [0.5, 0.6) is 11.5 Å². The summed E-state index contributed by atoms with van der Waals surface area (Å²) in [6, 6.07) is 12.0. The van der Waals surface area contributed by atoms with Crippen LogP contribution in [0.3, 0.4) is 0 Å². The van der Waals surface area contributed by atoms with E-state index >= 15 is 0 Å². The largest absolute Gasteiger partial charge is 0.455 e. The highest BCUT2D eigenvalue weighted by molar-refractivity contribution is 5.79. The molecule has 1 aromatic carbocycles. The van der Waals surface area contributed by atoms with Gasteiger partial charge in [0.1, 0.15) is 11.5 Å². The summed E-state index contributed by atoms with van der Waals surface area (Å²) >= 11 is 0. The molecule has 2 aromatic rings. The Kier molecular flexibility index (Phi) is 5.68. The van der Waals surface area contributed by atoms with Gasteiger partial charge in [-0.25, -0.2) is 0 Å². The van der Waals surface area contributed by atoms with Crippen molar-refractivity contribution < 1.29 is 9.53 Å². The third-order valence-electron chi connectivity index (χ3n) is 5.58. The van der Waals surface area contributed by atoms with Crippen molar-refractivity contribution in [2.45, 2.75) is 32.2 Å². The Balaban J connectivity index is 1.34. The average molecular weight is 365 g/mol. The van der Waals surface area contributed by atoms with Crippen molar-refractivity contribution >= 4 is 5.91 Å². The smallest absolute Gasteiger partial charge is 0.225 e. The van der Waals surface area contributed by atoms with E-state index < -0.39 is 0 Å². The van der Waals surface area contributed by atoms with Crippen LogP contribution in [0.4, 0.5) is 0 Å². The number of amides is 1. The maximum absolute atomic E-state index is 12.6. The van der Waals surface area contributed by atoms with E-state index in [2.05, 4.69) is 26.9 Å². The molecule has 2 saturated heterocycles. The predicted molar refractivity (Wildman–Crippen MR) is 105 cm³/mol. The monoisotopic (exact) mass is 365 g/mol. The molecule has 3 heterocycles. The molecule has 0 N–H and O–H groups in total. The number of benzene rings is 1. The highest BCUT2D eigenvalue weighted by atomic mass is 16.5. The Bertz CT molecular complexity index is 751. The van der Waals surface area contributed by atoms with Gasteiger partial charge in [-0.3, -0.25) is 14.7 Å².